The van der Waals surface area contributed by atoms with Crippen LogP contribution in [0.5, 0.6) is 11.5 Å². The fourth-order valence-electron chi connectivity index (χ4n) is 2.27. The standard InChI is InChI=1S/C17H14N2O3/c18-17(21)14-8-7-12-13(16(14)20)5-3-6-15(12)22-10-11-4-1-2-9-19-11/h1-9,20H,10H2,(H2,18,21). The molecule has 0 saturated heterocycles. The first-order valence-corrected chi connectivity index (χ1v) is 6.74. The Kier molecular flexibility index (Phi) is 3.62. The lowest BCUT2D eigenvalue weighted by Gasteiger charge is -2.11. The van der Waals surface area contributed by atoms with Gasteiger partial charge in [0.15, 0.2) is 0 Å². The van der Waals surface area contributed by atoms with Gasteiger partial charge in [0.2, 0.25) is 0 Å². The van der Waals surface area contributed by atoms with Gasteiger partial charge in [0.25, 0.3) is 5.91 Å². The summed E-state index contributed by atoms with van der Waals surface area (Å²) < 4.78 is 5.77. The summed E-state index contributed by atoms with van der Waals surface area (Å²) >= 11 is 0. The highest BCUT2D eigenvalue weighted by molar-refractivity contribution is 6.04. The Balaban J connectivity index is 1.97. The molecule has 3 rings (SSSR count). The predicted molar refractivity (Wildman–Crippen MR) is 82.7 cm³/mol. The molecular formula is C17H14N2O3. The van der Waals surface area contributed by atoms with Gasteiger partial charge in [0, 0.05) is 17.0 Å². The van der Waals surface area contributed by atoms with Gasteiger partial charge in [0.1, 0.15) is 18.1 Å². The summed E-state index contributed by atoms with van der Waals surface area (Å²) in [5, 5.41) is 11.4. The first-order valence-electron chi connectivity index (χ1n) is 6.74. The maximum atomic E-state index is 11.3. The lowest BCUT2D eigenvalue weighted by atomic mass is 10.0. The van der Waals surface area contributed by atoms with Crippen molar-refractivity contribution in [1.29, 1.82) is 0 Å². The molecule has 0 bridgehead atoms. The minimum atomic E-state index is -0.667. The second kappa shape index (κ2) is 5.73. The zero-order chi connectivity index (χ0) is 15.5. The molecule has 22 heavy (non-hydrogen) atoms. The molecule has 1 aromatic heterocycles. The van der Waals surface area contributed by atoms with Gasteiger partial charge in [-0.2, -0.15) is 0 Å². The number of primary amides is 1. The van der Waals surface area contributed by atoms with E-state index < -0.39 is 5.91 Å². The van der Waals surface area contributed by atoms with Crippen LogP contribution in [-0.4, -0.2) is 16.0 Å². The summed E-state index contributed by atoms with van der Waals surface area (Å²) in [4.78, 5) is 15.5. The molecule has 1 amide bonds. The number of hydrogen-bond acceptors (Lipinski definition) is 4. The minimum absolute atomic E-state index is 0.0920. The normalized spacial score (nSPS) is 10.5. The van der Waals surface area contributed by atoms with Gasteiger partial charge in [-0.15, -0.1) is 0 Å². The average molecular weight is 294 g/mol. The van der Waals surface area contributed by atoms with Crippen LogP contribution in [0, 0.1) is 0 Å². The van der Waals surface area contributed by atoms with Crippen LogP contribution in [0.15, 0.2) is 54.7 Å². The van der Waals surface area contributed by atoms with E-state index in [1.165, 1.54) is 6.07 Å². The molecule has 3 N–H and O–H groups in total. The molecule has 1 heterocycles. The molecule has 5 nitrogen and oxygen atoms in total. The molecule has 0 radical (unpaired) electrons. The SMILES string of the molecule is NC(=O)c1ccc2c(OCc3ccccn3)cccc2c1O. The first kappa shape index (κ1) is 13.9. The third kappa shape index (κ3) is 2.56. The monoisotopic (exact) mass is 294 g/mol. The van der Waals surface area contributed by atoms with E-state index in [0.717, 1.165) is 5.69 Å². The highest BCUT2D eigenvalue weighted by Gasteiger charge is 2.13. The number of phenols is 1. The molecule has 0 saturated carbocycles. The van der Waals surface area contributed by atoms with Gasteiger partial charge < -0.3 is 15.6 Å². The Labute approximate surface area is 127 Å². The molecule has 0 aliphatic rings. The number of fused-ring (bicyclic) bond motifs is 1. The van der Waals surface area contributed by atoms with E-state index in [2.05, 4.69) is 4.98 Å². The molecule has 0 aliphatic heterocycles. The topological polar surface area (TPSA) is 85.4 Å². The molecule has 0 atom stereocenters. The maximum Gasteiger partial charge on any atom is 0.252 e. The van der Waals surface area contributed by atoms with Crippen LogP contribution >= 0.6 is 0 Å². The van der Waals surface area contributed by atoms with E-state index in [1.807, 2.05) is 18.2 Å². The van der Waals surface area contributed by atoms with Crippen LogP contribution in [0.25, 0.3) is 10.8 Å². The van der Waals surface area contributed by atoms with Crippen molar-refractivity contribution in [2.75, 3.05) is 0 Å². The number of aromatic nitrogens is 1. The fraction of sp³-hybridized carbons (Fsp3) is 0.0588. The third-order valence-electron chi connectivity index (χ3n) is 3.36. The Morgan fingerprint density at radius 3 is 2.68 bits per heavy atom. The Bertz CT molecular complexity index is 832. The number of rotatable bonds is 4. The lowest BCUT2D eigenvalue weighted by molar-refractivity contribution is 0.0998. The molecule has 5 heteroatoms. The molecule has 0 unspecified atom stereocenters. The summed E-state index contributed by atoms with van der Waals surface area (Å²) in [5.74, 6) is -0.193. The minimum Gasteiger partial charge on any atom is -0.506 e. The number of hydrogen-bond donors (Lipinski definition) is 2. The molecule has 0 spiro atoms. The second-order valence-electron chi connectivity index (χ2n) is 4.79. The van der Waals surface area contributed by atoms with Crippen LogP contribution in [0.1, 0.15) is 16.1 Å². The number of pyridine rings is 1. The molecule has 2 aromatic carbocycles. The number of nitrogens with two attached hydrogens (primary N) is 1. The molecule has 110 valence electrons. The lowest BCUT2D eigenvalue weighted by Crippen LogP contribution is -2.11. The van der Waals surface area contributed by atoms with Crippen molar-refractivity contribution < 1.29 is 14.6 Å². The van der Waals surface area contributed by atoms with Gasteiger partial charge in [-0.25, -0.2) is 0 Å². The number of benzene rings is 2. The van der Waals surface area contributed by atoms with Crippen molar-refractivity contribution in [3.8, 4) is 11.5 Å². The van der Waals surface area contributed by atoms with E-state index in [0.29, 0.717) is 23.1 Å². The quantitative estimate of drug-likeness (QED) is 0.774. The Morgan fingerprint density at radius 2 is 1.95 bits per heavy atom. The van der Waals surface area contributed by atoms with Crippen LogP contribution in [0.4, 0.5) is 0 Å². The van der Waals surface area contributed by atoms with Gasteiger partial charge in [0.05, 0.1) is 11.3 Å². The van der Waals surface area contributed by atoms with Crippen molar-refractivity contribution in [2.24, 2.45) is 5.73 Å². The average Bonchev–Trinajstić information content (AvgIpc) is 2.54. The van der Waals surface area contributed by atoms with E-state index in [1.54, 1.807) is 30.5 Å². The smallest absolute Gasteiger partial charge is 0.252 e. The van der Waals surface area contributed by atoms with Gasteiger partial charge >= 0.3 is 0 Å². The van der Waals surface area contributed by atoms with E-state index in [9.17, 15) is 9.90 Å². The number of nitrogens with zero attached hydrogens (tertiary/aromatic N) is 1. The van der Waals surface area contributed by atoms with Gasteiger partial charge in [-0.3, -0.25) is 9.78 Å². The largest absolute Gasteiger partial charge is 0.506 e. The molecule has 0 fully saturated rings. The summed E-state index contributed by atoms with van der Waals surface area (Å²) in [6.07, 6.45) is 1.70. The second-order valence-corrected chi connectivity index (χ2v) is 4.79. The number of carbonyl (C=O) groups is 1. The van der Waals surface area contributed by atoms with Crippen LogP contribution in [-0.2, 0) is 6.61 Å². The van der Waals surface area contributed by atoms with Crippen molar-refractivity contribution in [3.05, 3.63) is 66.0 Å². The van der Waals surface area contributed by atoms with Crippen LogP contribution in [0.3, 0.4) is 0 Å². The van der Waals surface area contributed by atoms with Gasteiger partial charge in [-0.05, 0) is 30.3 Å². The Morgan fingerprint density at radius 1 is 1.09 bits per heavy atom. The highest BCUT2D eigenvalue weighted by Crippen LogP contribution is 2.34. The highest BCUT2D eigenvalue weighted by atomic mass is 16.5. The number of ether oxygens (including phenoxy) is 1. The maximum absolute atomic E-state index is 11.3. The van der Waals surface area contributed by atoms with Crippen molar-refractivity contribution in [1.82, 2.24) is 4.98 Å². The summed E-state index contributed by atoms with van der Waals surface area (Å²) in [5.41, 5.74) is 6.14. The Hall–Kier alpha value is -3.08. The third-order valence-corrected chi connectivity index (χ3v) is 3.36. The number of carbonyl (C=O) groups excluding carboxylic acids is 1. The van der Waals surface area contributed by atoms with E-state index in [-0.39, 0.29) is 11.3 Å². The summed E-state index contributed by atoms with van der Waals surface area (Å²) in [6.45, 7) is 0.318. The zero-order valence-electron chi connectivity index (χ0n) is 11.7. The van der Waals surface area contributed by atoms with Crippen molar-refractivity contribution in [2.45, 2.75) is 6.61 Å². The zero-order valence-corrected chi connectivity index (χ0v) is 11.7. The van der Waals surface area contributed by atoms with Crippen LogP contribution < -0.4 is 10.5 Å². The molecule has 0 aliphatic carbocycles. The van der Waals surface area contributed by atoms with Crippen molar-refractivity contribution in [3.63, 3.8) is 0 Å². The van der Waals surface area contributed by atoms with Gasteiger partial charge in [-0.1, -0.05) is 18.2 Å². The van der Waals surface area contributed by atoms with Crippen LogP contribution in [0.2, 0.25) is 0 Å². The summed E-state index contributed by atoms with van der Waals surface area (Å²) in [7, 11) is 0. The van der Waals surface area contributed by atoms with E-state index in [4.69, 9.17) is 10.5 Å². The number of amides is 1. The summed E-state index contributed by atoms with van der Waals surface area (Å²) in [6, 6.07) is 14.1. The predicted octanol–water partition coefficient (Wildman–Crippen LogP) is 2.62. The fourth-order valence-corrected chi connectivity index (χ4v) is 2.27. The van der Waals surface area contributed by atoms with Crippen molar-refractivity contribution >= 4 is 16.7 Å². The molecule has 3 aromatic rings. The first-order chi connectivity index (χ1) is 10.7. The molecular weight excluding hydrogens is 280 g/mol. The number of aromatic hydroxyl groups is 1. The van der Waals surface area contributed by atoms with E-state index >= 15 is 0 Å².